The van der Waals surface area contributed by atoms with E-state index in [1.165, 1.54) is 13.2 Å². The lowest BCUT2D eigenvalue weighted by atomic mass is 10.1. The number of benzene rings is 2. The fourth-order valence-electron chi connectivity index (χ4n) is 2.62. The second kappa shape index (κ2) is 12.8. The van der Waals surface area contributed by atoms with Gasteiger partial charge in [-0.3, -0.25) is 14.4 Å². The van der Waals surface area contributed by atoms with Gasteiger partial charge in [0.25, 0.3) is 5.91 Å². The van der Waals surface area contributed by atoms with E-state index in [2.05, 4.69) is 15.4 Å². The molecule has 0 heterocycles. The van der Waals surface area contributed by atoms with E-state index in [9.17, 15) is 14.4 Å². The number of hydrogen-bond acceptors (Lipinski definition) is 6. The first-order chi connectivity index (χ1) is 15.5. The first kappa shape index (κ1) is 24.5. The lowest BCUT2D eigenvalue weighted by Crippen LogP contribution is -2.30. The molecule has 32 heavy (non-hydrogen) atoms. The van der Waals surface area contributed by atoms with Gasteiger partial charge in [0.2, 0.25) is 5.91 Å². The van der Waals surface area contributed by atoms with Crippen molar-refractivity contribution >= 4 is 29.5 Å². The van der Waals surface area contributed by atoms with Gasteiger partial charge in [-0.25, -0.2) is 0 Å². The summed E-state index contributed by atoms with van der Waals surface area (Å²) < 4.78 is 15.8. The Kier molecular flexibility index (Phi) is 9.77. The van der Waals surface area contributed by atoms with Gasteiger partial charge in [-0.1, -0.05) is 13.0 Å². The highest BCUT2D eigenvalue weighted by atomic mass is 16.5. The van der Waals surface area contributed by atoms with Crippen LogP contribution in [0.3, 0.4) is 0 Å². The summed E-state index contributed by atoms with van der Waals surface area (Å²) in [5.41, 5.74) is 1.68. The van der Waals surface area contributed by atoms with Gasteiger partial charge in [-0.15, -0.1) is 0 Å². The van der Waals surface area contributed by atoms with Gasteiger partial charge < -0.3 is 24.8 Å². The molecule has 2 rings (SSSR count). The molecule has 8 nitrogen and oxygen atoms in total. The molecular formula is C24H28N2O6. The quantitative estimate of drug-likeness (QED) is 0.410. The average Bonchev–Trinajstić information content (AvgIpc) is 2.81. The van der Waals surface area contributed by atoms with Crippen LogP contribution in [0, 0.1) is 0 Å². The third-order valence-electron chi connectivity index (χ3n) is 4.19. The van der Waals surface area contributed by atoms with Crippen LogP contribution in [0.5, 0.6) is 11.5 Å². The van der Waals surface area contributed by atoms with Crippen molar-refractivity contribution in [2.45, 2.75) is 20.3 Å². The van der Waals surface area contributed by atoms with E-state index in [4.69, 9.17) is 9.47 Å². The molecule has 0 aromatic heterocycles. The van der Waals surface area contributed by atoms with Gasteiger partial charge in [-0.05, 0) is 61.4 Å². The molecule has 0 fully saturated rings. The van der Waals surface area contributed by atoms with Crippen LogP contribution in [0.1, 0.15) is 36.2 Å². The number of esters is 1. The largest absolute Gasteiger partial charge is 0.490 e. The first-order valence-corrected chi connectivity index (χ1v) is 10.3. The van der Waals surface area contributed by atoms with Gasteiger partial charge in [0.05, 0.1) is 20.3 Å². The smallest absolute Gasteiger partial charge is 0.325 e. The number of ether oxygens (including phenoxy) is 3. The summed E-state index contributed by atoms with van der Waals surface area (Å²) in [6.45, 7) is 4.82. The maximum Gasteiger partial charge on any atom is 0.325 e. The molecule has 0 bridgehead atoms. The number of rotatable bonds is 11. The second-order valence-electron chi connectivity index (χ2n) is 6.65. The zero-order valence-electron chi connectivity index (χ0n) is 18.5. The minimum atomic E-state index is -0.537. The molecule has 0 unspecified atom stereocenters. The van der Waals surface area contributed by atoms with Gasteiger partial charge in [0.1, 0.15) is 6.54 Å². The lowest BCUT2D eigenvalue weighted by Gasteiger charge is -2.12. The van der Waals surface area contributed by atoms with Crippen LogP contribution >= 0.6 is 0 Å². The lowest BCUT2D eigenvalue weighted by molar-refractivity contribution is -0.139. The number of carbonyl (C=O) groups is 3. The van der Waals surface area contributed by atoms with Crippen LogP contribution in [0.4, 0.5) is 5.69 Å². The molecule has 2 aromatic carbocycles. The highest BCUT2D eigenvalue weighted by Crippen LogP contribution is 2.29. The van der Waals surface area contributed by atoms with Crippen molar-refractivity contribution in [2.24, 2.45) is 0 Å². The molecule has 0 atom stereocenters. The van der Waals surface area contributed by atoms with Gasteiger partial charge in [0.15, 0.2) is 11.5 Å². The molecular weight excluding hydrogens is 412 g/mol. The van der Waals surface area contributed by atoms with Crippen molar-refractivity contribution < 1.29 is 28.6 Å². The Balaban J connectivity index is 1.96. The SMILES string of the molecule is CCCOc1ccc(/C=C/C(=O)Nc2ccc(C(=O)NCC(=O)OC)cc2)cc1OCC. The second-order valence-corrected chi connectivity index (χ2v) is 6.65. The average molecular weight is 440 g/mol. The highest BCUT2D eigenvalue weighted by molar-refractivity contribution is 6.02. The molecule has 0 aliphatic rings. The monoisotopic (exact) mass is 440 g/mol. The van der Waals surface area contributed by atoms with E-state index in [0.717, 1.165) is 12.0 Å². The topological polar surface area (TPSA) is 103 Å². The number of amides is 2. The molecule has 170 valence electrons. The molecule has 2 N–H and O–H groups in total. The van der Waals surface area contributed by atoms with Crippen molar-refractivity contribution in [1.82, 2.24) is 5.32 Å². The van der Waals surface area contributed by atoms with Gasteiger partial charge >= 0.3 is 5.97 Å². The number of hydrogen-bond donors (Lipinski definition) is 2. The van der Waals surface area contributed by atoms with E-state index in [-0.39, 0.29) is 12.5 Å². The Morgan fingerprint density at radius 1 is 0.969 bits per heavy atom. The van der Waals surface area contributed by atoms with Crippen molar-refractivity contribution in [3.8, 4) is 11.5 Å². The summed E-state index contributed by atoms with van der Waals surface area (Å²) in [6, 6.07) is 11.8. The predicted octanol–water partition coefficient (Wildman–Crippen LogP) is 3.43. The van der Waals surface area contributed by atoms with Crippen LogP contribution in [0.15, 0.2) is 48.5 Å². The fraction of sp³-hybridized carbons (Fsp3) is 0.292. The Morgan fingerprint density at radius 3 is 2.38 bits per heavy atom. The Morgan fingerprint density at radius 2 is 1.72 bits per heavy atom. The summed E-state index contributed by atoms with van der Waals surface area (Å²) in [6.07, 6.45) is 3.98. The summed E-state index contributed by atoms with van der Waals surface area (Å²) in [7, 11) is 1.25. The maximum absolute atomic E-state index is 12.2. The summed E-state index contributed by atoms with van der Waals surface area (Å²) in [5, 5.41) is 5.18. The van der Waals surface area contributed by atoms with Crippen molar-refractivity contribution in [3.05, 3.63) is 59.7 Å². The van der Waals surface area contributed by atoms with Gasteiger partial charge in [0, 0.05) is 17.3 Å². The fourth-order valence-corrected chi connectivity index (χ4v) is 2.62. The molecule has 0 aliphatic heterocycles. The number of carbonyl (C=O) groups excluding carboxylic acids is 3. The Labute approximate surface area is 187 Å². The Hall–Kier alpha value is -3.81. The summed E-state index contributed by atoms with van der Waals surface area (Å²) in [5.74, 6) is 0.0305. The Bertz CT molecular complexity index is 953. The van der Waals surface area contributed by atoms with Crippen LogP contribution in [-0.2, 0) is 14.3 Å². The summed E-state index contributed by atoms with van der Waals surface area (Å²) in [4.78, 5) is 35.3. The van der Waals surface area contributed by atoms with E-state index in [1.807, 2.05) is 32.0 Å². The molecule has 8 heteroatoms. The highest BCUT2D eigenvalue weighted by Gasteiger charge is 2.09. The van der Waals surface area contributed by atoms with E-state index in [0.29, 0.717) is 36.0 Å². The number of methoxy groups -OCH3 is 1. The molecule has 0 radical (unpaired) electrons. The molecule has 2 amide bonds. The minimum absolute atomic E-state index is 0.213. The van der Waals surface area contributed by atoms with E-state index in [1.54, 1.807) is 30.3 Å². The van der Waals surface area contributed by atoms with Crippen LogP contribution in [0.2, 0.25) is 0 Å². The van der Waals surface area contributed by atoms with E-state index >= 15 is 0 Å². The molecule has 2 aromatic rings. The van der Waals surface area contributed by atoms with Crippen molar-refractivity contribution in [2.75, 3.05) is 32.2 Å². The van der Waals surface area contributed by atoms with E-state index < -0.39 is 11.9 Å². The standard InChI is InChI=1S/C24H28N2O6/c1-4-14-32-20-12-6-17(15-21(20)31-5-2)7-13-22(27)26-19-10-8-18(9-11-19)24(29)25-16-23(28)30-3/h6-13,15H,4-5,14,16H2,1-3H3,(H,25,29)(H,26,27)/b13-7+. The molecule has 0 saturated heterocycles. The predicted molar refractivity (Wildman–Crippen MR) is 122 cm³/mol. The third-order valence-corrected chi connectivity index (χ3v) is 4.19. The van der Waals surface area contributed by atoms with Crippen LogP contribution < -0.4 is 20.1 Å². The summed E-state index contributed by atoms with van der Waals surface area (Å²) >= 11 is 0. The van der Waals surface area contributed by atoms with Crippen LogP contribution in [0.25, 0.3) is 6.08 Å². The first-order valence-electron chi connectivity index (χ1n) is 10.3. The minimum Gasteiger partial charge on any atom is -0.490 e. The maximum atomic E-state index is 12.2. The van der Waals surface area contributed by atoms with Crippen LogP contribution in [-0.4, -0.2) is 44.7 Å². The molecule has 0 saturated carbocycles. The third kappa shape index (κ3) is 7.79. The van der Waals surface area contributed by atoms with Crippen molar-refractivity contribution in [3.63, 3.8) is 0 Å². The zero-order valence-corrected chi connectivity index (χ0v) is 18.5. The zero-order chi connectivity index (χ0) is 23.3. The van der Waals surface area contributed by atoms with Crippen molar-refractivity contribution in [1.29, 1.82) is 0 Å². The number of anilines is 1. The van der Waals surface area contributed by atoms with Gasteiger partial charge in [-0.2, -0.15) is 0 Å². The molecule has 0 spiro atoms. The normalized spacial score (nSPS) is 10.5. The number of nitrogens with one attached hydrogen (secondary N) is 2. The molecule has 0 aliphatic carbocycles.